The molecule has 23 heavy (non-hydrogen) atoms. The number of nitrogens with zero attached hydrogens (tertiary/aromatic N) is 2. The van der Waals surface area contributed by atoms with E-state index in [0.717, 1.165) is 32.9 Å². The number of hydrogen-bond acceptors (Lipinski definition) is 3. The van der Waals surface area contributed by atoms with Gasteiger partial charge in [-0.3, -0.25) is 14.8 Å². The molecule has 0 N–H and O–H groups in total. The summed E-state index contributed by atoms with van der Waals surface area (Å²) in [7, 11) is 0. The second-order valence-corrected chi connectivity index (χ2v) is 5.54. The van der Waals surface area contributed by atoms with Gasteiger partial charge in [0, 0.05) is 28.7 Å². The first-order valence-electron chi connectivity index (χ1n) is 7.48. The van der Waals surface area contributed by atoms with Crippen LogP contribution in [-0.2, 0) is 0 Å². The minimum atomic E-state index is 0.0664. The lowest BCUT2D eigenvalue weighted by atomic mass is 9.96. The van der Waals surface area contributed by atoms with E-state index in [9.17, 15) is 4.79 Å². The summed E-state index contributed by atoms with van der Waals surface area (Å²) in [6.07, 6.45) is 3.57. The zero-order chi connectivity index (χ0) is 15.8. The average molecular weight is 298 g/mol. The summed E-state index contributed by atoms with van der Waals surface area (Å²) in [5, 5.41) is 2.08. The van der Waals surface area contributed by atoms with Gasteiger partial charge < -0.3 is 0 Å². The maximum atomic E-state index is 11.7. The SMILES string of the molecule is CC(=O)c1cccc(-c2cc3cccnc3c3ncccc23)c1. The van der Waals surface area contributed by atoms with Gasteiger partial charge in [0.25, 0.3) is 0 Å². The molecule has 0 radical (unpaired) electrons. The van der Waals surface area contributed by atoms with Crippen LogP contribution in [0.15, 0.2) is 67.0 Å². The van der Waals surface area contributed by atoms with E-state index in [2.05, 4.69) is 16.0 Å². The zero-order valence-electron chi connectivity index (χ0n) is 12.7. The van der Waals surface area contributed by atoms with Crippen molar-refractivity contribution in [2.75, 3.05) is 0 Å². The van der Waals surface area contributed by atoms with Crippen LogP contribution in [0.4, 0.5) is 0 Å². The van der Waals surface area contributed by atoms with Crippen LogP contribution in [0, 0.1) is 0 Å². The first kappa shape index (κ1) is 13.6. The third kappa shape index (κ3) is 2.27. The molecule has 2 aromatic heterocycles. The number of rotatable bonds is 2. The molecule has 3 nitrogen and oxygen atoms in total. The number of carbonyl (C=O) groups excluding carboxylic acids is 1. The fraction of sp³-hybridized carbons (Fsp3) is 0.0500. The van der Waals surface area contributed by atoms with Crippen LogP contribution < -0.4 is 0 Å². The lowest BCUT2D eigenvalue weighted by molar-refractivity contribution is 0.101. The van der Waals surface area contributed by atoms with Crippen molar-refractivity contribution in [3.8, 4) is 11.1 Å². The molecule has 4 aromatic rings. The third-order valence-electron chi connectivity index (χ3n) is 4.04. The molecule has 0 aliphatic carbocycles. The van der Waals surface area contributed by atoms with Crippen molar-refractivity contribution in [2.45, 2.75) is 6.92 Å². The number of carbonyl (C=O) groups is 1. The predicted molar refractivity (Wildman–Crippen MR) is 92.5 cm³/mol. The van der Waals surface area contributed by atoms with E-state index in [1.54, 1.807) is 19.3 Å². The molecule has 0 amide bonds. The van der Waals surface area contributed by atoms with Crippen molar-refractivity contribution < 1.29 is 4.79 Å². The summed E-state index contributed by atoms with van der Waals surface area (Å²) in [5.41, 5.74) is 4.58. The van der Waals surface area contributed by atoms with Crippen LogP contribution in [0.25, 0.3) is 32.9 Å². The molecule has 0 saturated carbocycles. The number of ketones is 1. The van der Waals surface area contributed by atoms with E-state index >= 15 is 0 Å². The highest BCUT2D eigenvalue weighted by Crippen LogP contribution is 2.33. The monoisotopic (exact) mass is 298 g/mol. The Kier molecular flexibility index (Phi) is 3.12. The van der Waals surface area contributed by atoms with Gasteiger partial charge in [-0.2, -0.15) is 0 Å². The fourth-order valence-electron chi connectivity index (χ4n) is 2.92. The van der Waals surface area contributed by atoms with Crippen molar-refractivity contribution >= 4 is 27.6 Å². The quantitative estimate of drug-likeness (QED) is 0.399. The zero-order valence-corrected chi connectivity index (χ0v) is 12.7. The molecule has 0 spiro atoms. The second-order valence-electron chi connectivity index (χ2n) is 5.54. The van der Waals surface area contributed by atoms with Crippen LogP contribution in [0.3, 0.4) is 0 Å². The van der Waals surface area contributed by atoms with Crippen LogP contribution in [0.5, 0.6) is 0 Å². The highest BCUT2D eigenvalue weighted by atomic mass is 16.1. The van der Waals surface area contributed by atoms with Crippen molar-refractivity contribution in [2.24, 2.45) is 0 Å². The Morgan fingerprint density at radius 1 is 0.870 bits per heavy atom. The van der Waals surface area contributed by atoms with E-state index in [1.165, 1.54) is 0 Å². The normalized spacial score (nSPS) is 11.0. The van der Waals surface area contributed by atoms with Crippen molar-refractivity contribution in [1.29, 1.82) is 0 Å². The topological polar surface area (TPSA) is 42.9 Å². The number of pyridine rings is 2. The molecule has 0 saturated heterocycles. The minimum absolute atomic E-state index is 0.0664. The smallest absolute Gasteiger partial charge is 0.159 e. The average Bonchev–Trinajstić information content (AvgIpc) is 2.61. The van der Waals surface area contributed by atoms with E-state index < -0.39 is 0 Å². The Labute approximate surface area is 133 Å². The lowest BCUT2D eigenvalue weighted by Gasteiger charge is -2.10. The first-order valence-corrected chi connectivity index (χ1v) is 7.48. The van der Waals surface area contributed by atoms with Gasteiger partial charge in [-0.1, -0.05) is 30.3 Å². The van der Waals surface area contributed by atoms with Crippen LogP contribution >= 0.6 is 0 Å². The Hall–Kier alpha value is -3.07. The molecule has 2 aromatic carbocycles. The number of hydrogen-bond donors (Lipinski definition) is 0. The molecule has 0 bridgehead atoms. The molecular weight excluding hydrogens is 284 g/mol. The van der Waals surface area contributed by atoms with Crippen LogP contribution in [0.2, 0.25) is 0 Å². The number of Topliss-reactive ketones (excluding diaryl/α,β-unsaturated/α-hetero) is 1. The molecule has 0 unspecified atom stereocenters. The standard InChI is InChI=1S/C20H14N2O/c1-13(23)14-5-2-6-15(11-14)18-12-16-7-3-9-21-19(16)20-17(18)8-4-10-22-20/h2-12H,1H3. The molecule has 3 heteroatoms. The fourth-order valence-corrected chi connectivity index (χ4v) is 2.92. The maximum Gasteiger partial charge on any atom is 0.159 e. The molecule has 0 aliphatic heterocycles. The van der Waals surface area contributed by atoms with Gasteiger partial charge in [-0.15, -0.1) is 0 Å². The third-order valence-corrected chi connectivity index (χ3v) is 4.04. The van der Waals surface area contributed by atoms with E-state index in [1.807, 2.05) is 48.5 Å². The highest BCUT2D eigenvalue weighted by Gasteiger charge is 2.11. The lowest BCUT2D eigenvalue weighted by Crippen LogP contribution is -1.93. The highest BCUT2D eigenvalue weighted by molar-refractivity contribution is 6.10. The first-order chi connectivity index (χ1) is 11.2. The Balaban J connectivity index is 2.09. The van der Waals surface area contributed by atoms with Gasteiger partial charge in [0.15, 0.2) is 5.78 Å². The number of fused-ring (bicyclic) bond motifs is 3. The Bertz CT molecular complexity index is 1050. The van der Waals surface area contributed by atoms with E-state index in [4.69, 9.17) is 0 Å². The van der Waals surface area contributed by atoms with Gasteiger partial charge in [0.2, 0.25) is 0 Å². The molecule has 0 aliphatic rings. The van der Waals surface area contributed by atoms with Crippen molar-refractivity contribution in [1.82, 2.24) is 9.97 Å². The second kappa shape index (κ2) is 5.29. The summed E-state index contributed by atoms with van der Waals surface area (Å²) in [6, 6.07) is 17.8. The minimum Gasteiger partial charge on any atom is -0.295 e. The molecule has 0 fully saturated rings. The van der Waals surface area contributed by atoms with Gasteiger partial charge in [-0.05, 0) is 42.3 Å². The summed E-state index contributed by atoms with van der Waals surface area (Å²) >= 11 is 0. The molecule has 0 atom stereocenters. The number of aromatic nitrogens is 2. The van der Waals surface area contributed by atoms with E-state index in [0.29, 0.717) is 5.56 Å². The largest absolute Gasteiger partial charge is 0.295 e. The Morgan fingerprint density at radius 2 is 1.65 bits per heavy atom. The molecular formula is C20H14N2O. The van der Waals surface area contributed by atoms with Gasteiger partial charge >= 0.3 is 0 Å². The summed E-state index contributed by atoms with van der Waals surface area (Å²) in [5.74, 6) is 0.0664. The summed E-state index contributed by atoms with van der Waals surface area (Å²) < 4.78 is 0. The van der Waals surface area contributed by atoms with Gasteiger partial charge in [0.1, 0.15) is 0 Å². The number of benzene rings is 2. The van der Waals surface area contributed by atoms with Gasteiger partial charge in [0.05, 0.1) is 11.0 Å². The van der Waals surface area contributed by atoms with Crippen LogP contribution in [-0.4, -0.2) is 15.8 Å². The van der Waals surface area contributed by atoms with Gasteiger partial charge in [-0.25, -0.2) is 0 Å². The van der Waals surface area contributed by atoms with Crippen LogP contribution in [0.1, 0.15) is 17.3 Å². The summed E-state index contributed by atoms with van der Waals surface area (Å²) in [4.78, 5) is 20.7. The maximum absolute atomic E-state index is 11.7. The van der Waals surface area contributed by atoms with Crippen molar-refractivity contribution in [3.63, 3.8) is 0 Å². The van der Waals surface area contributed by atoms with E-state index in [-0.39, 0.29) is 5.78 Å². The Morgan fingerprint density at radius 3 is 2.48 bits per heavy atom. The van der Waals surface area contributed by atoms with Crippen molar-refractivity contribution in [3.05, 3.63) is 72.6 Å². The predicted octanol–water partition coefficient (Wildman–Crippen LogP) is 4.65. The molecule has 110 valence electrons. The molecule has 2 heterocycles. The summed E-state index contributed by atoms with van der Waals surface area (Å²) in [6.45, 7) is 1.59. The molecule has 4 rings (SSSR count).